The summed E-state index contributed by atoms with van der Waals surface area (Å²) in [5, 5.41) is 15.6. The smallest absolute Gasteiger partial charge is 0.165 e. The van der Waals surface area contributed by atoms with Crippen molar-refractivity contribution in [1.29, 1.82) is 0 Å². The molecule has 6 unspecified atom stereocenters. The summed E-state index contributed by atoms with van der Waals surface area (Å²) >= 11 is 14.8. The van der Waals surface area contributed by atoms with Gasteiger partial charge >= 0.3 is 0 Å². The Bertz CT molecular complexity index is 334. The lowest BCUT2D eigenvalue weighted by Gasteiger charge is -2.24. The van der Waals surface area contributed by atoms with Gasteiger partial charge in [0.25, 0.3) is 0 Å². The fraction of sp³-hybridized carbons (Fsp3) is 1.00. The van der Waals surface area contributed by atoms with Gasteiger partial charge in [-0.3, -0.25) is 0 Å². The van der Waals surface area contributed by atoms with Gasteiger partial charge in [-0.2, -0.15) is 0 Å². The summed E-state index contributed by atoms with van der Waals surface area (Å²) in [6.07, 6.45) is 15.3. The standard InChI is InChI=1S/2C8H16.C6H14N2.C2H5ClO2.2C2H5Cl.2H2O/c2*1-7-5-3-4-6-8(7)2;7-5-3-1-2-4-6(5)8;3-1-2(4)5;2*1-2-3;;/h2*7-8H,3-6H2,1-2H3;5-6H,1-4,7-8H2;2,4-5H,1H2;2*2H2,1H3;2*1H2. The largest absolute Gasteiger partial charge is 0.412 e. The van der Waals surface area contributed by atoms with Gasteiger partial charge in [0.1, 0.15) is 0 Å². The van der Waals surface area contributed by atoms with Crippen LogP contribution in [0.2, 0.25) is 0 Å². The lowest BCUT2D eigenvalue weighted by Crippen LogP contribution is -2.43. The molecular formula is C28H65Cl3N2O4. The van der Waals surface area contributed by atoms with Gasteiger partial charge in [-0.05, 0) is 36.5 Å². The second-order valence-electron chi connectivity index (χ2n) is 10.3. The molecule has 232 valence electrons. The van der Waals surface area contributed by atoms with E-state index in [1.54, 1.807) is 0 Å². The summed E-state index contributed by atoms with van der Waals surface area (Å²) < 4.78 is 0. The predicted octanol–water partition coefficient (Wildman–Crippen LogP) is 6.26. The molecule has 0 aromatic carbocycles. The molecule has 3 aliphatic carbocycles. The number of aliphatic hydroxyl groups is 2. The van der Waals surface area contributed by atoms with Gasteiger partial charge in [-0.1, -0.05) is 106 Å². The van der Waals surface area contributed by atoms with Gasteiger partial charge < -0.3 is 32.6 Å². The van der Waals surface area contributed by atoms with Crippen LogP contribution in [-0.2, 0) is 0 Å². The molecule has 6 nitrogen and oxygen atoms in total. The number of rotatable bonds is 1. The molecule has 0 heterocycles. The molecule has 9 heteroatoms. The van der Waals surface area contributed by atoms with Crippen LogP contribution in [0.25, 0.3) is 0 Å². The van der Waals surface area contributed by atoms with Gasteiger partial charge in [0, 0.05) is 23.8 Å². The third-order valence-corrected chi connectivity index (χ3v) is 7.37. The van der Waals surface area contributed by atoms with Gasteiger partial charge in [0.15, 0.2) is 6.29 Å². The molecule has 3 saturated carbocycles. The highest BCUT2D eigenvalue weighted by molar-refractivity contribution is 6.18. The fourth-order valence-corrected chi connectivity index (χ4v) is 4.19. The van der Waals surface area contributed by atoms with E-state index >= 15 is 0 Å². The van der Waals surface area contributed by atoms with Crippen LogP contribution in [0, 0.1) is 23.7 Å². The number of alkyl halides is 3. The van der Waals surface area contributed by atoms with E-state index in [-0.39, 0.29) is 28.9 Å². The van der Waals surface area contributed by atoms with Crippen LogP contribution in [0.15, 0.2) is 0 Å². The first-order valence-electron chi connectivity index (χ1n) is 14.1. The van der Waals surface area contributed by atoms with Crippen molar-refractivity contribution in [2.24, 2.45) is 35.1 Å². The van der Waals surface area contributed by atoms with Crippen LogP contribution in [0.1, 0.15) is 119 Å². The zero-order valence-electron chi connectivity index (χ0n) is 24.8. The summed E-state index contributed by atoms with van der Waals surface area (Å²) in [6.45, 7) is 13.3. The van der Waals surface area contributed by atoms with E-state index in [0.29, 0.717) is 0 Å². The molecule has 0 aliphatic heterocycles. The van der Waals surface area contributed by atoms with Crippen LogP contribution >= 0.6 is 34.8 Å². The molecule has 37 heavy (non-hydrogen) atoms. The molecular weight excluding hydrogens is 535 g/mol. The van der Waals surface area contributed by atoms with Crippen molar-refractivity contribution in [3.63, 3.8) is 0 Å². The highest BCUT2D eigenvalue weighted by Crippen LogP contribution is 2.29. The Morgan fingerprint density at radius 1 is 0.568 bits per heavy atom. The molecule has 10 N–H and O–H groups in total. The summed E-state index contributed by atoms with van der Waals surface area (Å²) in [5.41, 5.74) is 11.3. The van der Waals surface area contributed by atoms with Crippen LogP contribution in [0.5, 0.6) is 0 Å². The first kappa shape index (κ1) is 47.4. The normalized spacial score (nSPS) is 28.1. The maximum absolute atomic E-state index is 7.78. The molecule has 3 fully saturated rings. The van der Waals surface area contributed by atoms with Crippen LogP contribution in [0.4, 0.5) is 0 Å². The van der Waals surface area contributed by atoms with E-state index in [1.165, 1.54) is 64.2 Å². The fourth-order valence-electron chi connectivity index (χ4n) is 4.19. The minimum absolute atomic E-state index is 0. The van der Waals surface area contributed by atoms with Crippen molar-refractivity contribution in [3.8, 4) is 0 Å². The molecule has 0 spiro atoms. The first-order chi connectivity index (χ1) is 16.5. The lowest BCUT2D eigenvalue weighted by atomic mass is 9.82. The molecule has 0 saturated heterocycles. The lowest BCUT2D eigenvalue weighted by molar-refractivity contribution is -0.0198. The van der Waals surface area contributed by atoms with Gasteiger partial charge in [-0.15, -0.1) is 34.8 Å². The summed E-state index contributed by atoms with van der Waals surface area (Å²) in [6, 6.07) is 0.562. The molecule has 0 amide bonds. The Morgan fingerprint density at radius 2 is 0.730 bits per heavy atom. The first-order valence-corrected chi connectivity index (χ1v) is 15.7. The Labute approximate surface area is 245 Å². The molecule has 0 aromatic rings. The van der Waals surface area contributed by atoms with E-state index < -0.39 is 6.29 Å². The van der Waals surface area contributed by atoms with Crippen molar-refractivity contribution in [2.45, 2.75) is 137 Å². The zero-order valence-corrected chi connectivity index (χ0v) is 27.1. The van der Waals surface area contributed by atoms with E-state index in [2.05, 4.69) is 27.7 Å². The average Bonchev–Trinajstić information content (AvgIpc) is 2.82. The summed E-state index contributed by atoms with van der Waals surface area (Å²) in [7, 11) is 0. The second-order valence-corrected chi connectivity index (χ2v) is 11.6. The monoisotopic (exact) mass is 598 g/mol. The quantitative estimate of drug-likeness (QED) is 0.207. The van der Waals surface area contributed by atoms with Crippen LogP contribution in [0.3, 0.4) is 0 Å². The van der Waals surface area contributed by atoms with E-state index in [0.717, 1.165) is 48.3 Å². The Kier molecular flexibility index (Phi) is 44.4. The van der Waals surface area contributed by atoms with Crippen molar-refractivity contribution in [3.05, 3.63) is 0 Å². The number of aliphatic hydroxyl groups excluding tert-OH is 1. The van der Waals surface area contributed by atoms with Crippen molar-refractivity contribution >= 4 is 34.8 Å². The number of halogens is 3. The van der Waals surface area contributed by atoms with E-state index in [1.807, 2.05) is 13.8 Å². The van der Waals surface area contributed by atoms with Gasteiger partial charge in [-0.25, -0.2) is 0 Å². The SMILES string of the molecule is CC1CCCCC1C.CC1CCCCC1C.CCCl.CCCl.NC1CCCCC1N.O.O.OC(O)CCl. The predicted molar refractivity (Wildman–Crippen MR) is 167 cm³/mol. The van der Waals surface area contributed by atoms with E-state index in [4.69, 9.17) is 56.5 Å². The molecule has 0 radical (unpaired) electrons. The average molecular weight is 600 g/mol. The van der Waals surface area contributed by atoms with E-state index in [9.17, 15) is 0 Å². The minimum Gasteiger partial charge on any atom is -0.412 e. The molecule has 3 aliphatic rings. The summed E-state index contributed by atoms with van der Waals surface area (Å²) in [5.74, 6) is 5.35. The Morgan fingerprint density at radius 3 is 0.838 bits per heavy atom. The van der Waals surface area contributed by atoms with Crippen molar-refractivity contribution in [1.82, 2.24) is 0 Å². The number of hydrogen-bond acceptors (Lipinski definition) is 4. The van der Waals surface area contributed by atoms with Gasteiger partial charge in [0.05, 0.1) is 5.88 Å². The maximum atomic E-state index is 7.78. The minimum atomic E-state index is -1.35. The zero-order chi connectivity index (χ0) is 27.6. The third kappa shape index (κ3) is 34.6. The number of hydrogen-bond donors (Lipinski definition) is 4. The van der Waals surface area contributed by atoms with Crippen LogP contribution < -0.4 is 11.5 Å². The molecule has 0 aromatic heterocycles. The van der Waals surface area contributed by atoms with Crippen molar-refractivity contribution < 1.29 is 21.2 Å². The number of nitrogens with two attached hydrogens (primary N) is 2. The topological polar surface area (TPSA) is 155 Å². The molecule has 0 bridgehead atoms. The highest BCUT2D eigenvalue weighted by atomic mass is 35.5. The maximum Gasteiger partial charge on any atom is 0.165 e. The van der Waals surface area contributed by atoms with Crippen molar-refractivity contribution in [2.75, 3.05) is 17.6 Å². The molecule has 3 rings (SSSR count). The van der Waals surface area contributed by atoms with Gasteiger partial charge in [0.2, 0.25) is 0 Å². The Hall–Kier alpha value is 0.630. The van der Waals surface area contributed by atoms with Crippen LogP contribution in [-0.4, -0.2) is 57.2 Å². The Balaban J connectivity index is -0.000000114. The summed E-state index contributed by atoms with van der Waals surface area (Å²) in [4.78, 5) is 0. The molecule has 6 atom stereocenters. The third-order valence-electron chi connectivity index (χ3n) is 7.09. The highest BCUT2D eigenvalue weighted by Gasteiger charge is 2.17. The second kappa shape index (κ2) is 34.7.